The number of carbonyl (C=O) groups excluding carboxylic acids is 3. The van der Waals surface area contributed by atoms with Crippen LogP contribution in [0.15, 0.2) is 84.9 Å². The molecule has 9 nitrogen and oxygen atoms in total. The molecule has 38 heavy (non-hydrogen) atoms. The lowest BCUT2D eigenvalue weighted by molar-refractivity contribution is -0.130. The van der Waals surface area contributed by atoms with Crippen molar-refractivity contribution in [2.24, 2.45) is 11.5 Å². The summed E-state index contributed by atoms with van der Waals surface area (Å²) in [4.78, 5) is 40.5. The SMILES string of the molecule is N[C@H]1Nc2ccccc2[C@]1(N)C[C@H]1NC(=O)[C@@H](Cc2ccccc2)NC(=O)C(Cc2ccccc2)NC1=O. The molecule has 1 unspecified atom stereocenters. The summed E-state index contributed by atoms with van der Waals surface area (Å²) in [5, 5.41) is 11.8. The average molecular weight is 513 g/mol. The second-order valence-corrected chi connectivity index (χ2v) is 9.98. The molecule has 8 N–H and O–H groups in total. The third-order valence-corrected chi connectivity index (χ3v) is 7.30. The van der Waals surface area contributed by atoms with Gasteiger partial charge in [-0.2, -0.15) is 0 Å². The van der Waals surface area contributed by atoms with Gasteiger partial charge in [0.2, 0.25) is 17.7 Å². The van der Waals surface area contributed by atoms with Crippen LogP contribution in [0, 0.1) is 0 Å². The fraction of sp³-hybridized carbons (Fsp3) is 0.276. The van der Waals surface area contributed by atoms with Crippen LogP contribution < -0.4 is 32.7 Å². The Kier molecular flexibility index (Phi) is 7.13. The molecule has 3 aromatic rings. The molecule has 3 amide bonds. The molecule has 2 aliphatic rings. The number of carbonyl (C=O) groups is 3. The van der Waals surface area contributed by atoms with Gasteiger partial charge < -0.3 is 32.7 Å². The monoisotopic (exact) mass is 512 g/mol. The maximum Gasteiger partial charge on any atom is 0.243 e. The van der Waals surface area contributed by atoms with Gasteiger partial charge in [-0.25, -0.2) is 0 Å². The van der Waals surface area contributed by atoms with Crippen LogP contribution in [-0.4, -0.2) is 42.0 Å². The summed E-state index contributed by atoms with van der Waals surface area (Å²) in [6.07, 6.45) is -0.0818. The van der Waals surface area contributed by atoms with E-state index in [0.29, 0.717) is 0 Å². The highest BCUT2D eigenvalue weighted by Gasteiger charge is 2.46. The van der Waals surface area contributed by atoms with Gasteiger partial charge in [0, 0.05) is 24.9 Å². The molecule has 0 aliphatic carbocycles. The molecule has 0 radical (unpaired) electrons. The quantitative estimate of drug-likeness (QED) is 0.289. The number of nitrogens with two attached hydrogens (primary N) is 2. The van der Waals surface area contributed by atoms with Crippen LogP contribution >= 0.6 is 0 Å². The van der Waals surface area contributed by atoms with Crippen molar-refractivity contribution in [1.29, 1.82) is 0 Å². The van der Waals surface area contributed by atoms with Crippen molar-refractivity contribution in [3.8, 4) is 0 Å². The molecule has 0 saturated carbocycles. The Labute approximate surface area is 221 Å². The Morgan fingerprint density at radius 3 is 1.61 bits per heavy atom. The van der Waals surface area contributed by atoms with E-state index in [1.54, 1.807) is 0 Å². The van der Waals surface area contributed by atoms with Crippen molar-refractivity contribution >= 4 is 23.4 Å². The first-order valence-electron chi connectivity index (χ1n) is 12.7. The molecule has 0 bridgehead atoms. The first-order chi connectivity index (χ1) is 18.3. The van der Waals surface area contributed by atoms with Gasteiger partial charge in [-0.3, -0.25) is 14.4 Å². The van der Waals surface area contributed by atoms with E-state index in [1.165, 1.54) is 0 Å². The molecule has 1 saturated heterocycles. The Morgan fingerprint density at radius 2 is 1.05 bits per heavy atom. The summed E-state index contributed by atoms with van der Waals surface area (Å²) in [5.74, 6) is -1.37. The third kappa shape index (κ3) is 5.25. The molecular formula is C29H32N6O3. The molecule has 0 spiro atoms. The van der Waals surface area contributed by atoms with E-state index >= 15 is 0 Å². The summed E-state index contributed by atoms with van der Waals surface area (Å²) >= 11 is 0. The molecule has 5 atom stereocenters. The first-order valence-corrected chi connectivity index (χ1v) is 12.7. The predicted octanol–water partition coefficient (Wildman–Crippen LogP) is 0.894. The number of rotatable bonds is 6. The highest BCUT2D eigenvalue weighted by atomic mass is 16.2. The van der Waals surface area contributed by atoms with E-state index in [-0.39, 0.29) is 19.3 Å². The van der Waals surface area contributed by atoms with Gasteiger partial charge >= 0.3 is 0 Å². The lowest BCUT2D eigenvalue weighted by Gasteiger charge is -2.33. The Morgan fingerprint density at radius 1 is 0.605 bits per heavy atom. The van der Waals surface area contributed by atoms with Crippen molar-refractivity contribution in [1.82, 2.24) is 16.0 Å². The minimum atomic E-state index is -1.12. The van der Waals surface area contributed by atoms with Gasteiger partial charge in [-0.15, -0.1) is 0 Å². The van der Waals surface area contributed by atoms with Crippen molar-refractivity contribution in [3.05, 3.63) is 102 Å². The van der Waals surface area contributed by atoms with Gasteiger partial charge in [-0.1, -0.05) is 78.9 Å². The Hall–Kier alpha value is -4.21. The number of hydrogen-bond donors (Lipinski definition) is 6. The lowest BCUT2D eigenvalue weighted by Crippen LogP contribution is -2.59. The van der Waals surface area contributed by atoms with Crippen molar-refractivity contribution in [2.45, 2.75) is 49.1 Å². The standard InChI is InChI=1S/C29H32N6O3/c30-28-29(31,20-13-7-8-14-21(20)35-28)17-24-27(38)33-22(15-18-9-3-1-4-10-18)25(36)32-23(26(37)34-24)16-19-11-5-2-6-12-19/h1-14,22-24,28,35H,15-17,30-31H2,(H,32,36)(H,33,38)(H,34,37)/t22?,23-,24-,28+,29-/m1/s1. The summed E-state index contributed by atoms with van der Waals surface area (Å²) in [6.45, 7) is 0. The zero-order valence-electron chi connectivity index (χ0n) is 20.9. The van der Waals surface area contributed by atoms with Crippen LogP contribution in [0.5, 0.6) is 0 Å². The zero-order chi connectivity index (χ0) is 26.7. The maximum atomic E-state index is 13.6. The van der Waals surface area contributed by atoms with E-state index in [9.17, 15) is 14.4 Å². The van der Waals surface area contributed by atoms with Gasteiger partial charge in [0.1, 0.15) is 18.1 Å². The topological polar surface area (TPSA) is 151 Å². The fourth-order valence-electron chi connectivity index (χ4n) is 5.20. The van der Waals surface area contributed by atoms with Crippen LogP contribution in [0.3, 0.4) is 0 Å². The molecular weight excluding hydrogens is 480 g/mol. The van der Waals surface area contributed by atoms with E-state index in [1.807, 2.05) is 84.9 Å². The summed E-state index contributed by atoms with van der Waals surface area (Å²) in [6, 6.07) is 23.5. The van der Waals surface area contributed by atoms with Gasteiger partial charge in [-0.05, 0) is 22.8 Å². The van der Waals surface area contributed by atoms with Crippen molar-refractivity contribution in [2.75, 3.05) is 5.32 Å². The number of benzene rings is 3. The number of amides is 3. The van der Waals surface area contributed by atoms with Gasteiger partial charge in [0.25, 0.3) is 0 Å². The fourth-order valence-corrected chi connectivity index (χ4v) is 5.20. The molecule has 5 rings (SSSR count). The van der Waals surface area contributed by atoms with E-state index < -0.39 is 47.6 Å². The number of hydrogen-bond acceptors (Lipinski definition) is 6. The second-order valence-electron chi connectivity index (χ2n) is 9.98. The maximum absolute atomic E-state index is 13.6. The normalized spacial score (nSPS) is 27.1. The summed E-state index contributed by atoms with van der Waals surface area (Å²) in [5.41, 5.74) is 15.4. The van der Waals surface area contributed by atoms with Crippen LogP contribution in [0.2, 0.25) is 0 Å². The Balaban J connectivity index is 1.46. The van der Waals surface area contributed by atoms with Crippen LogP contribution in [0.25, 0.3) is 0 Å². The molecule has 2 heterocycles. The number of para-hydroxylation sites is 1. The largest absolute Gasteiger partial charge is 0.368 e. The lowest BCUT2D eigenvalue weighted by atomic mass is 9.84. The number of anilines is 1. The number of nitrogens with one attached hydrogen (secondary N) is 4. The van der Waals surface area contributed by atoms with Crippen molar-refractivity contribution < 1.29 is 14.4 Å². The minimum absolute atomic E-state index is 0.0417. The second kappa shape index (κ2) is 10.6. The van der Waals surface area contributed by atoms with Crippen LogP contribution in [-0.2, 0) is 32.8 Å². The van der Waals surface area contributed by atoms with E-state index in [2.05, 4.69) is 21.3 Å². The number of fused-ring (bicyclic) bond motifs is 1. The molecule has 2 aliphatic heterocycles. The van der Waals surface area contributed by atoms with Crippen molar-refractivity contribution in [3.63, 3.8) is 0 Å². The molecule has 196 valence electrons. The molecule has 9 heteroatoms. The van der Waals surface area contributed by atoms with E-state index in [4.69, 9.17) is 11.5 Å². The predicted molar refractivity (Wildman–Crippen MR) is 145 cm³/mol. The van der Waals surface area contributed by atoms with Gasteiger partial charge in [0.15, 0.2) is 0 Å². The van der Waals surface area contributed by atoms with Gasteiger partial charge in [0.05, 0.1) is 11.7 Å². The molecule has 3 aromatic carbocycles. The average Bonchev–Trinajstić information content (AvgIpc) is 3.18. The Bertz CT molecular complexity index is 1280. The zero-order valence-corrected chi connectivity index (χ0v) is 20.9. The summed E-state index contributed by atoms with van der Waals surface area (Å²) < 4.78 is 0. The van der Waals surface area contributed by atoms with Crippen LogP contribution in [0.4, 0.5) is 5.69 Å². The summed E-state index contributed by atoms with van der Waals surface area (Å²) in [7, 11) is 0. The first kappa shape index (κ1) is 25.4. The third-order valence-electron chi connectivity index (χ3n) is 7.30. The molecule has 1 fully saturated rings. The minimum Gasteiger partial charge on any atom is -0.368 e. The molecule has 0 aromatic heterocycles. The van der Waals surface area contributed by atoms with Crippen LogP contribution in [0.1, 0.15) is 23.1 Å². The highest BCUT2D eigenvalue weighted by molar-refractivity contribution is 5.97. The van der Waals surface area contributed by atoms with E-state index in [0.717, 1.165) is 22.4 Å². The highest BCUT2D eigenvalue weighted by Crippen LogP contribution is 2.38. The smallest absolute Gasteiger partial charge is 0.243 e.